The third-order valence-corrected chi connectivity index (χ3v) is 5.18. The minimum Gasteiger partial charge on any atom is -0.313 e. The maximum atomic E-state index is 11.3. The zero-order chi connectivity index (χ0) is 12.2. The maximum absolute atomic E-state index is 11.3. The molecule has 96 valence electrons. The summed E-state index contributed by atoms with van der Waals surface area (Å²) in [6.07, 6.45) is 1.92. The lowest BCUT2D eigenvalue weighted by molar-refractivity contribution is 0.480. The van der Waals surface area contributed by atoms with E-state index in [1.54, 1.807) is 0 Å². The van der Waals surface area contributed by atoms with Crippen LogP contribution in [0.3, 0.4) is 0 Å². The molecule has 1 fully saturated rings. The Hall–Kier alpha value is -0.180. The Morgan fingerprint density at radius 1 is 1.38 bits per heavy atom. The minimum absolute atomic E-state index is 0.0424. The summed E-state index contributed by atoms with van der Waals surface area (Å²) in [5.41, 5.74) is 0. The Bertz CT molecular complexity index is 415. The van der Waals surface area contributed by atoms with Gasteiger partial charge in [0, 0.05) is 6.04 Å². The molecular weight excluding hydrogens is 252 g/mol. The molecule has 1 rings (SSSR count). The van der Waals surface area contributed by atoms with Crippen molar-refractivity contribution in [2.45, 2.75) is 25.3 Å². The predicted octanol–water partition coefficient (Wildman–Crippen LogP) is -1.17. The Balaban J connectivity index is 2.23. The van der Waals surface area contributed by atoms with Crippen molar-refractivity contribution in [3.05, 3.63) is 0 Å². The first-order valence-corrected chi connectivity index (χ1v) is 8.76. The van der Waals surface area contributed by atoms with Gasteiger partial charge in [-0.2, -0.15) is 0 Å². The molecule has 1 saturated heterocycles. The highest BCUT2D eigenvalue weighted by atomic mass is 32.2. The van der Waals surface area contributed by atoms with E-state index in [1.807, 2.05) is 0 Å². The fraction of sp³-hybridized carbons (Fsp3) is 1.00. The van der Waals surface area contributed by atoms with Crippen LogP contribution in [0.1, 0.15) is 19.3 Å². The van der Waals surface area contributed by atoms with Crippen molar-refractivity contribution in [1.29, 1.82) is 0 Å². The molecule has 0 aromatic heterocycles. The first-order valence-electron chi connectivity index (χ1n) is 5.23. The number of sulfone groups is 1. The highest BCUT2D eigenvalue weighted by Crippen LogP contribution is 2.11. The van der Waals surface area contributed by atoms with E-state index in [0.717, 1.165) is 6.42 Å². The van der Waals surface area contributed by atoms with Gasteiger partial charge in [0.15, 0.2) is 9.84 Å². The van der Waals surface area contributed by atoms with Gasteiger partial charge in [-0.1, -0.05) is 0 Å². The third-order valence-electron chi connectivity index (χ3n) is 2.50. The first-order chi connectivity index (χ1) is 7.29. The molecule has 1 atom stereocenters. The molecule has 0 saturated carbocycles. The van der Waals surface area contributed by atoms with Crippen molar-refractivity contribution in [2.24, 2.45) is 5.14 Å². The van der Waals surface area contributed by atoms with E-state index in [0.29, 0.717) is 19.4 Å². The Labute approximate surface area is 96.6 Å². The number of sulfonamides is 1. The molecule has 6 nitrogen and oxygen atoms in total. The number of rotatable bonds is 5. The smallest absolute Gasteiger partial charge is 0.209 e. The van der Waals surface area contributed by atoms with Gasteiger partial charge in [-0.3, -0.25) is 0 Å². The Kier molecular flexibility index (Phi) is 4.72. The second-order valence-corrected chi connectivity index (χ2v) is 8.09. The van der Waals surface area contributed by atoms with Gasteiger partial charge in [0.05, 0.1) is 17.3 Å². The van der Waals surface area contributed by atoms with Gasteiger partial charge in [-0.15, -0.1) is 0 Å². The second-order valence-electron chi connectivity index (χ2n) is 4.13. The van der Waals surface area contributed by atoms with Crippen molar-refractivity contribution < 1.29 is 16.8 Å². The van der Waals surface area contributed by atoms with E-state index in [4.69, 9.17) is 5.14 Å². The van der Waals surface area contributed by atoms with Gasteiger partial charge in [-0.25, -0.2) is 22.0 Å². The monoisotopic (exact) mass is 270 g/mol. The van der Waals surface area contributed by atoms with Gasteiger partial charge in [0.1, 0.15) is 0 Å². The summed E-state index contributed by atoms with van der Waals surface area (Å²) in [5, 5.41) is 7.90. The van der Waals surface area contributed by atoms with E-state index < -0.39 is 19.9 Å². The topological polar surface area (TPSA) is 106 Å². The largest absolute Gasteiger partial charge is 0.313 e. The lowest BCUT2D eigenvalue weighted by Crippen LogP contribution is -2.41. The summed E-state index contributed by atoms with van der Waals surface area (Å²) in [6.45, 7) is 0.483. The van der Waals surface area contributed by atoms with E-state index in [9.17, 15) is 16.8 Å². The molecule has 1 aliphatic rings. The SMILES string of the molecule is NS(=O)(=O)CCCNC1CCCS(=O)(=O)C1. The Morgan fingerprint density at radius 2 is 2.06 bits per heavy atom. The molecule has 0 bridgehead atoms. The van der Waals surface area contributed by atoms with Crippen LogP contribution in [0.4, 0.5) is 0 Å². The number of primary sulfonamides is 1. The van der Waals surface area contributed by atoms with E-state index in [2.05, 4.69) is 5.32 Å². The standard InChI is InChI=1S/C8H18N2O4S2/c9-16(13,14)6-2-4-10-8-3-1-5-15(11,12)7-8/h8,10H,1-7H2,(H2,9,13,14). The highest BCUT2D eigenvalue weighted by molar-refractivity contribution is 7.91. The molecule has 1 unspecified atom stereocenters. The van der Waals surface area contributed by atoms with Crippen LogP contribution in [0.5, 0.6) is 0 Å². The molecule has 1 heterocycles. The second kappa shape index (κ2) is 5.44. The molecule has 0 amide bonds. The van der Waals surface area contributed by atoms with Crippen molar-refractivity contribution in [3.8, 4) is 0 Å². The fourth-order valence-corrected chi connectivity index (χ4v) is 3.98. The van der Waals surface area contributed by atoms with Gasteiger partial charge in [0.2, 0.25) is 10.0 Å². The summed E-state index contributed by atoms with van der Waals surface area (Å²) in [6, 6.07) is -0.0424. The fourth-order valence-electron chi connectivity index (χ4n) is 1.76. The molecule has 0 aromatic rings. The lowest BCUT2D eigenvalue weighted by atomic mass is 10.2. The number of hydrogen-bond acceptors (Lipinski definition) is 5. The lowest BCUT2D eigenvalue weighted by Gasteiger charge is -2.22. The predicted molar refractivity (Wildman–Crippen MR) is 62.3 cm³/mol. The number of nitrogens with two attached hydrogens (primary N) is 1. The van der Waals surface area contributed by atoms with Crippen molar-refractivity contribution in [3.63, 3.8) is 0 Å². The summed E-state index contributed by atoms with van der Waals surface area (Å²) < 4.78 is 43.9. The van der Waals surface area contributed by atoms with Crippen LogP contribution in [-0.4, -0.2) is 46.7 Å². The van der Waals surface area contributed by atoms with E-state index in [1.165, 1.54) is 0 Å². The minimum atomic E-state index is -3.41. The maximum Gasteiger partial charge on any atom is 0.209 e. The van der Waals surface area contributed by atoms with Crippen LogP contribution in [0, 0.1) is 0 Å². The zero-order valence-electron chi connectivity index (χ0n) is 9.05. The average molecular weight is 270 g/mol. The van der Waals surface area contributed by atoms with Crippen LogP contribution in [0.2, 0.25) is 0 Å². The van der Waals surface area contributed by atoms with Crippen LogP contribution < -0.4 is 10.5 Å². The first kappa shape index (κ1) is 13.9. The number of nitrogens with one attached hydrogen (secondary N) is 1. The molecule has 16 heavy (non-hydrogen) atoms. The van der Waals surface area contributed by atoms with E-state index in [-0.39, 0.29) is 23.3 Å². The van der Waals surface area contributed by atoms with E-state index >= 15 is 0 Å². The third kappa shape index (κ3) is 5.78. The molecule has 1 aliphatic heterocycles. The van der Waals surface area contributed by atoms with Crippen LogP contribution >= 0.6 is 0 Å². The van der Waals surface area contributed by atoms with Crippen LogP contribution in [-0.2, 0) is 19.9 Å². The Morgan fingerprint density at radius 3 is 2.62 bits per heavy atom. The number of hydrogen-bond donors (Lipinski definition) is 2. The van der Waals surface area contributed by atoms with Crippen molar-refractivity contribution in [1.82, 2.24) is 5.32 Å². The van der Waals surface area contributed by atoms with Crippen LogP contribution in [0.25, 0.3) is 0 Å². The average Bonchev–Trinajstić information content (AvgIpc) is 2.09. The summed E-state index contributed by atoms with van der Waals surface area (Å²) >= 11 is 0. The van der Waals surface area contributed by atoms with Crippen molar-refractivity contribution >= 4 is 19.9 Å². The summed E-state index contributed by atoms with van der Waals surface area (Å²) in [4.78, 5) is 0. The quantitative estimate of drug-likeness (QED) is 0.612. The zero-order valence-corrected chi connectivity index (χ0v) is 10.7. The van der Waals surface area contributed by atoms with Crippen molar-refractivity contribution in [2.75, 3.05) is 23.8 Å². The molecule has 0 aliphatic carbocycles. The molecule has 0 radical (unpaired) electrons. The van der Waals surface area contributed by atoms with Gasteiger partial charge in [0.25, 0.3) is 0 Å². The van der Waals surface area contributed by atoms with Gasteiger partial charge >= 0.3 is 0 Å². The highest BCUT2D eigenvalue weighted by Gasteiger charge is 2.23. The van der Waals surface area contributed by atoms with Gasteiger partial charge < -0.3 is 5.32 Å². The molecule has 8 heteroatoms. The summed E-state index contributed by atoms with van der Waals surface area (Å²) in [5.74, 6) is 0.351. The summed E-state index contributed by atoms with van der Waals surface area (Å²) in [7, 11) is -6.31. The molecule has 0 aromatic carbocycles. The molecular formula is C8H18N2O4S2. The normalized spacial score (nSPS) is 25.4. The van der Waals surface area contributed by atoms with Gasteiger partial charge in [-0.05, 0) is 25.8 Å². The molecule has 0 spiro atoms. The van der Waals surface area contributed by atoms with Crippen LogP contribution in [0.15, 0.2) is 0 Å². The molecule has 3 N–H and O–H groups in total.